The monoisotopic (exact) mass is 189 g/mol. The quantitative estimate of drug-likeness (QED) is 0.581. The van der Waals surface area contributed by atoms with Crippen LogP contribution in [0.1, 0.15) is 0 Å². The Bertz CT molecular complexity index is 596. The van der Waals surface area contributed by atoms with Crippen molar-refractivity contribution in [3.63, 3.8) is 0 Å². The zero-order valence-corrected chi connectivity index (χ0v) is 7.47. The van der Waals surface area contributed by atoms with Crippen molar-refractivity contribution in [2.45, 2.75) is 0 Å². The number of hydrogen-bond acceptors (Lipinski definition) is 4. The van der Waals surface area contributed by atoms with Crippen LogP contribution in [0.5, 0.6) is 6.01 Å². The summed E-state index contributed by atoms with van der Waals surface area (Å²) >= 11 is 0. The third-order valence-electron chi connectivity index (χ3n) is 2.11. The van der Waals surface area contributed by atoms with Crippen molar-refractivity contribution in [1.82, 2.24) is 14.4 Å². The largest absolute Gasteiger partial charge is 0.468 e. The van der Waals surface area contributed by atoms with Crippen LogP contribution in [0.25, 0.3) is 16.7 Å². The maximum Gasteiger partial charge on any atom is 0.305 e. The van der Waals surface area contributed by atoms with E-state index in [1.54, 1.807) is 30.2 Å². The Hall–Kier alpha value is -2.04. The summed E-state index contributed by atoms with van der Waals surface area (Å²) in [5, 5.41) is 0.885. The molecule has 0 aliphatic carbocycles. The molecule has 70 valence electrons. The highest BCUT2D eigenvalue weighted by atomic mass is 16.5. The first-order valence-corrected chi connectivity index (χ1v) is 4.14. The van der Waals surface area contributed by atoms with Gasteiger partial charge >= 0.3 is 6.01 Å². The molecule has 0 amide bonds. The third kappa shape index (κ3) is 0.783. The first-order valence-electron chi connectivity index (χ1n) is 4.14. The molecule has 5 nitrogen and oxygen atoms in total. The number of rotatable bonds is 1. The van der Waals surface area contributed by atoms with Crippen LogP contribution < -0.4 is 4.74 Å². The SMILES string of the molecule is COc1nc2occc2c2nccn12. The maximum absolute atomic E-state index is 5.19. The summed E-state index contributed by atoms with van der Waals surface area (Å²) in [5.41, 5.74) is 1.33. The van der Waals surface area contributed by atoms with E-state index in [-0.39, 0.29) is 0 Å². The third-order valence-corrected chi connectivity index (χ3v) is 2.11. The number of imidazole rings is 1. The second-order valence-corrected chi connectivity index (χ2v) is 2.86. The Morgan fingerprint density at radius 3 is 3.29 bits per heavy atom. The molecule has 0 N–H and O–H groups in total. The fourth-order valence-electron chi connectivity index (χ4n) is 1.50. The van der Waals surface area contributed by atoms with Crippen LogP contribution in [-0.2, 0) is 0 Å². The molecule has 0 aliphatic heterocycles. The highest BCUT2D eigenvalue weighted by Gasteiger charge is 2.10. The summed E-state index contributed by atoms with van der Waals surface area (Å²) in [6.07, 6.45) is 5.09. The Morgan fingerprint density at radius 1 is 1.50 bits per heavy atom. The molecule has 14 heavy (non-hydrogen) atoms. The fraction of sp³-hybridized carbons (Fsp3) is 0.111. The Kier molecular flexibility index (Phi) is 1.30. The molecule has 0 bridgehead atoms. The van der Waals surface area contributed by atoms with Gasteiger partial charge in [0.2, 0.25) is 5.71 Å². The lowest BCUT2D eigenvalue weighted by atomic mass is 10.4. The van der Waals surface area contributed by atoms with Crippen LogP contribution in [0.15, 0.2) is 29.1 Å². The van der Waals surface area contributed by atoms with Crippen LogP contribution in [-0.4, -0.2) is 21.5 Å². The van der Waals surface area contributed by atoms with E-state index in [1.165, 1.54) is 0 Å². The van der Waals surface area contributed by atoms with Gasteiger partial charge in [-0.05, 0) is 6.07 Å². The minimum absolute atomic E-state index is 0.472. The second-order valence-electron chi connectivity index (χ2n) is 2.86. The standard InChI is InChI=1S/C9H7N3O2/c1-13-9-11-8-6(2-5-14-8)7-10-3-4-12(7)9/h2-5H,1H3. The van der Waals surface area contributed by atoms with E-state index in [9.17, 15) is 0 Å². The van der Waals surface area contributed by atoms with Gasteiger partial charge in [0.15, 0.2) is 5.65 Å². The van der Waals surface area contributed by atoms with Crippen molar-refractivity contribution >= 4 is 16.7 Å². The molecular formula is C9H7N3O2. The summed E-state index contributed by atoms with van der Waals surface area (Å²) in [6, 6.07) is 2.31. The first-order chi connectivity index (χ1) is 6.90. The highest BCUT2D eigenvalue weighted by molar-refractivity contribution is 5.88. The van der Waals surface area contributed by atoms with Crippen molar-refractivity contribution in [2.75, 3.05) is 7.11 Å². The van der Waals surface area contributed by atoms with E-state index < -0.39 is 0 Å². The lowest BCUT2D eigenvalue weighted by Crippen LogP contribution is -1.96. The molecule has 0 saturated carbocycles. The number of hydrogen-bond donors (Lipinski definition) is 0. The molecule has 0 unspecified atom stereocenters. The Morgan fingerprint density at radius 2 is 2.43 bits per heavy atom. The number of aromatic nitrogens is 3. The summed E-state index contributed by atoms with van der Waals surface area (Å²) in [5.74, 6) is 0. The van der Waals surface area contributed by atoms with Crippen molar-refractivity contribution in [3.05, 3.63) is 24.7 Å². The van der Waals surface area contributed by atoms with Crippen LogP contribution in [0, 0.1) is 0 Å². The molecule has 0 radical (unpaired) electrons. The van der Waals surface area contributed by atoms with Gasteiger partial charge < -0.3 is 9.15 Å². The van der Waals surface area contributed by atoms with Gasteiger partial charge in [-0.3, -0.25) is 4.40 Å². The number of furan rings is 1. The second kappa shape index (κ2) is 2.47. The van der Waals surface area contributed by atoms with Gasteiger partial charge in [-0.2, -0.15) is 4.98 Å². The Balaban J connectivity index is 2.59. The molecule has 3 heterocycles. The minimum atomic E-state index is 0.472. The van der Waals surface area contributed by atoms with Crippen LogP contribution in [0.3, 0.4) is 0 Å². The van der Waals surface area contributed by atoms with Crippen LogP contribution >= 0.6 is 0 Å². The minimum Gasteiger partial charge on any atom is -0.468 e. The molecule has 0 spiro atoms. The van der Waals surface area contributed by atoms with Crippen LogP contribution in [0.4, 0.5) is 0 Å². The first kappa shape index (κ1) is 7.37. The number of methoxy groups -OCH3 is 1. The van der Waals surface area contributed by atoms with Crippen molar-refractivity contribution in [3.8, 4) is 6.01 Å². The van der Waals surface area contributed by atoms with E-state index >= 15 is 0 Å². The highest BCUT2D eigenvalue weighted by Crippen LogP contribution is 2.22. The smallest absolute Gasteiger partial charge is 0.305 e. The van der Waals surface area contributed by atoms with E-state index in [0.29, 0.717) is 11.7 Å². The van der Waals surface area contributed by atoms with Crippen molar-refractivity contribution < 1.29 is 9.15 Å². The topological polar surface area (TPSA) is 52.6 Å². The van der Waals surface area contributed by atoms with Crippen molar-refractivity contribution in [2.24, 2.45) is 0 Å². The summed E-state index contributed by atoms with van der Waals surface area (Å²) in [4.78, 5) is 8.40. The fourth-order valence-corrected chi connectivity index (χ4v) is 1.50. The molecule has 0 atom stereocenters. The molecule has 5 heteroatoms. The van der Waals surface area contributed by atoms with Gasteiger partial charge in [-0.1, -0.05) is 0 Å². The van der Waals surface area contributed by atoms with E-state index in [4.69, 9.17) is 9.15 Å². The Labute approximate surface area is 78.9 Å². The lowest BCUT2D eigenvalue weighted by Gasteiger charge is -2.01. The summed E-state index contributed by atoms with van der Waals surface area (Å²) in [6.45, 7) is 0. The molecule has 3 aromatic heterocycles. The maximum atomic E-state index is 5.19. The molecule has 0 saturated heterocycles. The molecule has 3 aromatic rings. The summed E-state index contributed by atoms with van der Waals surface area (Å²) in [7, 11) is 1.57. The number of ether oxygens (including phenoxy) is 1. The number of nitrogens with zero attached hydrogens (tertiary/aromatic N) is 3. The van der Waals surface area contributed by atoms with Crippen molar-refractivity contribution in [1.29, 1.82) is 0 Å². The molecule has 3 rings (SSSR count). The van der Waals surface area contributed by atoms with Gasteiger partial charge in [-0.15, -0.1) is 0 Å². The van der Waals surface area contributed by atoms with E-state index in [1.807, 2.05) is 6.07 Å². The van der Waals surface area contributed by atoms with Gasteiger partial charge in [0.05, 0.1) is 18.8 Å². The molecule has 0 aromatic carbocycles. The zero-order valence-electron chi connectivity index (χ0n) is 7.47. The van der Waals surface area contributed by atoms with Crippen LogP contribution in [0.2, 0.25) is 0 Å². The normalized spacial score (nSPS) is 11.2. The number of fused-ring (bicyclic) bond motifs is 3. The van der Waals surface area contributed by atoms with Gasteiger partial charge in [-0.25, -0.2) is 4.98 Å². The zero-order chi connectivity index (χ0) is 9.54. The molecular weight excluding hydrogens is 182 g/mol. The molecule has 0 aliphatic rings. The lowest BCUT2D eigenvalue weighted by molar-refractivity contribution is 0.373. The van der Waals surface area contributed by atoms with Gasteiger partial charge in [0, 0.05) is 12.4 Å². The average molecular weight is 189 g/mol. The predicted octanol–water partition coefficient (Wildman–Crippen LogP) is 1.48. The van der Waals surface area contributed by atoms with Gasteiger partial charge in [0.1, 0.15) is 0 Å². The van der Waals surface area contributed by atoms with E-state index in [2.05, 4.69) is 9.97 Å². The predicted molar refractivity (Wildman–Crippen MR) is 49.3 cm³/mol. The summed E-state index contributed by atoms with van der Waals surface area (Å²) < 4.78 is 12.1. The van der Waals surface area contributed by atoms with E-state index in [0.717, 1.165) is 11.0 Å². The van der Waals surface area contributed by atoms with Gasteiger partial charge in [0.25, 0.3) is 0 Å². The average Bonchev–Trinajstić information content (AvgIpc) is 2.83. The molecule has 0 fully saturated rings.